The fraction of sp³-hybridized carbons (Fsp3) is 0.882. The SMILES string of the molecule is C=C[Si](OC)(OC)OC.CCO[Si](CCCOCC1CO1)(OCC)OCC. The molecule has 0 radical (unpaired) electrons. The van der Waals surface area contributed by atoms with Gasteiger partial charge in [0.05, 0.1) is 13.2 Å². The van der Waals surface area contributed by atoms with E-state index in [1.54, 1.807) is 27.0 Å². The largest absolute Gasteiger partial charge is 0.528 e. The molecule has 0 N–H and O–H groups in total. The van der Waals surface area contributed by atoms with E-state index < -0.39 is 17.6 Å². The molecule has 1 aliphatic heterocycles. The van der Waals surface area contributed by atoms with Crippen molar-refractivity contribution < 1.29 is 36.0 Å². The molecule has 0 spiro atoms. The molecule has 27 heavy (non-hydrogen) atoms. The third-order valence-electron chi connectivity index (χ3n) is 3.67. The van der Waals surface area contributed by atoms with E-state index in [1.165, 1.54) is 0 Å². The van der Waals surface area contributed by atoms with Gasteiger partial charge in [0, 0.05) is 53.8 Å². The smallest absolute Gasteiger partial charge is 0.379 e. The van der Waals surface area contributed by atoms with Gasteiger partial charge in [-0.2, -0.15) is 0 Å². The Morgan fingerprint density at radius 1 is 0.963 bits per heavy atom. The van der Waals surface area contributed by atoms with Crippen LogP contribution >= 0.6 is 0 Å². The fourth-order valence-electron chi connectivity index (χ4n) is 2.27. The molecule has 0 aromatic rings. The Bertz CT molecular complexity index is 340. The number of hydrogen-bond donors (Lipinski definition) is 0. The lowest BCUT2D eigenvalue weighted by atomic mass is 10.5. The monoisotopic (exact) mass is 426 g/mol. The van der Waals surface area contributed by atoms with Crippen molar-refractivity contribution in [1.82, 2.24) is 0 Å². The highest BCUT2D eigenvalue weighted by Crippen LogP contribution is 2.18. The van der Waals surface area contributed by atoms with Gasteiger partial charge in [0.25, 0.3) is 0 Å². The van der Waals surface area contributed by atoms with E-state index in [4.69, 9.17) is 36.0 Å². The minimum Gasteiger partial charge on any atom is -0.379 e. The van der Waals surface area contributed by atoms with Crippen LogP contribution in [0.1, 0.15) is 27.2 Å². The summed E-state index contributed by atoms with van der Waals surface area (Å²) >= 11 is 0. The zero-order chi connectivity index (χ0) is 20.6. The minimum atomic E-state index is -2.47. The molecule has 1 heterocycles. The molecule has 1 fully saturated rings. The van der Waals surface area contributed by atoms with Crippen LogP contribution in [0.25, 0.3) is 0 Å². The summed E-state index contributed by atoms with van der Waals surface area (Å²) in [6.45, 7) is 13.6. The van der Waals surface area contributed by atoms with Crippen LogP contribution in [-0.4, -0.2) is 84.7 Å². The number of hydrogen-bond acceptors (Lipinski definition) is 8. The van der Waals surface area contributed by atoms with Gasteiger partial charge in [0.15, 0.2) is 0 Å². The summed E-state index contributed by atoms with van der Waals surface area (Å²) in [6.07, 6.45) is 1.23. The zero-order valence-electron chi connectivity index (χ0n) is 17.8. The highest BCUT2D eigenvalue weighted by atomic mass is 28.4. The Kier molecular flexibility index (Phi) is 15.7. The van der Waals surface area contributed by atoms with Crippen LogP contribution in [0.5, 0.6) is 0 Å². The number of epoxide rings is 1. The third kappa shape index (κ3) is 11.4. The molecule has 1 unspecified atom stereocenters. The maximum absolute atomic E-state index is 5.76. The molecule has 1 saturated heterocycles. The first kappa shape index (κ1) is 26.9. The van der Waals surface area contributed by atoms with Crippen LogP contribution in [0.2, 0.25) is 6.04 Å². The van der Waals surface area contributed by atoms with Gasteiger partial charge in [-0.25, -0.2) is 0 Å². The molecule has 0 aromatic carbocycles. The van der Waals surface area contributed by atoms with Crippen molar-refractivity contribution in [3.63, 3.8) is 0 Å². The molecule has 0 amide bonds. The Hall–Kier alpha value is -0.146. The van der Waals surface area contributed by atoms with Gasteiger partial charge in [-0.15, -0.1) is 0 Å². The van der Waals surface area contributed by atoms with Gasteiger partial charge in [-0.1, -0.05) is 6.58 Å². The van der Waals surface area contributed by atoms with Gasteiger partial charge in [-0.05, 0) is 32.9 Å². The summed E-state index contributed by atoms with van der Waals surface area (Å²) in [4.78, 5) is 0. The predicted octanol–water partition coefficient (Wildman–Crippen LogP) is 2.43. The van der Waals surface area contributed by atoms with Crippen LogP contribution in [0, 0.1) is 0 Å². The van der Waals surface area contributed by atoms with E-state index in [0.29, 0.717) is 39.1 Å². The van der Waals surface area contributed by atoms with Gasteiger partial charge in [-0.3, -0.25) is 0 Å². The molecule has 1 aliphatic rings. The van der Waals surface area contributed by atoms with Crippen LogP contribution < -0.4 is 0 Å². The third-order valence-corrected chi connectivity index (χ3v) is 9.03. The second-order valence-electron chi connectivity index (χ2n) is 5.54. The predicted molar refractivity (Wildman–Crippen MR) is 108 cm³/mol. The molecule has 0 aliphatic carbocycles. The quantitative estimate of drug-likeness (QED) is 0.212. The molecule has 0 saturated carbocycles. The van der Waals surface area contributed by atoms with E-state index >= 15 is 0 Å². The van der Waals surface area contributed by atoms with Crippen molar-refractivity contribution in [3.05, 3.63) is 12.3 Å². The maximum Gasteiger partial charge on any atom is 0.528 e. The van der Waals surface area contributed by atoms with E-state index in [9.17, 15) is 0 Å². The van der Waals surface area contributed by atoms with Crippen molar-refractivity contribution in [1.29, 1.82) is 0 Å². The first-order valence-corrected chi connectivity index (χ1v) is 13.1. The maximum atomic E-state index is 5.76. The summed E-state index contributed by atoms with van der Waals surface area (Å²) in [5.41, 5.74) is 1.58. The van der Waals surface area contributed by atoms with Gasteiger partial charge < -0.3 is 36.0 Å². The van der Waals surface area contributed by atoms with Crippen molar-refractivity contribution in [3.8, 4) is 0 Å². The molecule has 0 bridgehead atoms. The summed E-state index contributed by atoms with van der Waals surface area (Å²) < 4.78 is 42.8. The average molecular weight is 427 g/mol. The summed E-state index contributed by atoms with van der Waals surface area (Å²) in [5.74, 6) is 0. The van der Waals surface area contributed by atoms with Crippen molar-refractivity contribution >= 4 is 17.6 Å². The Labute approximate surface area is 166 Å². The molecule has 8 nitrogen and oxygen atoms in total. The lowest BCUT2D eigenvalue weighted by Crippen LogP contribution is -2.46. The number of ether oxygens (including phenoxy) is 2. The van der Waals surface area contributed by atoms with Crippen molar-refractivity contribution in [2.75, 3.05) is 61.0 Å². The van der Waals surface area contributed by atoms with Crippen LogP contribution in [0.4, 0.5) is 0 Å². The molecule has 1 rings (SSSR count). The Morgan fingerprint density at radius 3 is 1.74 bits per heavy atom. The Morgan fingerprint density at radius 2 is 1.44 bits per heavy atom. The van der Waals surface area contributed by atoms with E-state index in [1.807, 2.05) is 20.8 Å². The highest BCUT2D eigenvalue weighted by Gasteiger charge is 2.39. The Balaban J connectivity index is 0.000000636. The molecular formula is C17H38O8Si2. The second-order valence-corrected chi connectivity index (χ2v) is 11.1. The van der Waals surface area contributed by atoms with E-state index in [2.05, 4.69) is 6.58 Å². The van der Waals surface area contributed by atoms with E-state index in [-0.39, 0.29) is 0 Å². The molecule has 0 aromatic heterocycles. The standard InChI is InChI=1S/C12H26O5Si.C5H12O3Si/c1-4-15-18(16-5-2,17-6-3)9-7-8-13-10-12-11-14-12;1-5-9(6-2,7-3)8-4/h12H,4-11H2,1-3H3;5H,1H2,2-4H3. The number of rotatable bonds is 16. The second kappa shape index (κ2) is 15.7. The summed E-state index contributed by atoms with van der Waals surface area (Å²) in [6, 6.07) is 0.814. The highest BCUT2D eigenvalue weighted by molar-refractivity contribution is 6.66. The topological polar surface area (TPSA) is 77.1 Å². The average Bonchev–Trinajstić information content (AvgIpc) is 3.49. The van der Waals surface area contributed by atoms with Gasteiger partial charge in [0.1, 0.15) is 6.10 Å². The fourth-order valence-corrected chi connectivity index (χ4v) is 5.85. The summed E-state index contributed by atoms with van der Waals surface area (Å²) in [7, 11) is -0.268. The summed E-state index contributed by atoms with van der Waals surface area (Å²) in [5, 5.41) is 0. The molecule has 162 valence electrons. The normalized spacial score (nSPS) is 16.6. The minimum absolute atomic E-state index is 0.331. The van der Waals surface area contributed by atoms with Gasteiger partial charge >= 0.3 is 17.6 Å². The van der Waals surface area contributed by atoms with Crippen molar-refractivity contribution in [2.45, 2.75) is 39.3 Å². The van der Waals surface area contributed by atoms with Gasteiger partial charge in [0.2, 0.25) is 0 Å². The first-order chi connectivity index (χ1) is 13.0. The molecular weight excluding hydrogens is 388 g/mol. The lowest BCUT2D eigenvalue weighted by molar-refractivity contribution is 0.0648. The van der Waals surface area contributed by atoms with E-state index in [0.717, 1.165) is 19.1 Å². The zero-order valence-corrected chi connectivity index (χ0v) is 19.8. The van der Waals surface area contributed by atoms with Crippen LogP contribution in [0.3, 0.4) is 0 Å². The van der Waals surface area contributed by atoms with Crippen LogP contribution in [0.15, 0.2) is 12.3 Å². The lowest BCUT2D eigenvalue weighted by Gasteiger charge is -2.28. The first-order valence-electron chi connectivity index (χ1n) is 9.41. The molecule has 10 heteroatoms. The van der Waals surface area contributed by atoms with Crippen LogP contribution in [-0.2, 0) is 36.0 Å². The molecule has 1 atom stereocenters. The van der Waals surface area contributed by atoms with Crippen molar-refractivity contribution in [2.24, 2.45) is 0 Å².